The zero-order valence-electron chi connectivity index (χ0n) is 10.0. The van der Waals surface area contributed by atoms with Gasteiger partial charge < -0.3 is 5.32 Å². The van der Waals surface area contributed by atoms with Crippen molar-refractivity contribution in [3.63, 3.8) is 0 Å². The Morgan fingerprint density at radius 2 is 1.65 bits per heavy atom. The number of benzene rings is 1. The van der Waals surface area contributed by atoms with Crippen LogP contribution in [0.5, 0.6) is 0 Å². The lowest BCUT2D eigenvalue weighted by molar-refractivity contribution is -0.140. The molecule has 0 saturated heterocycles. The summed E-state index contributed by atoms with van der Waals surface area (Å²) < 4.78 is 37.9. The Morgan fingerprint density at radius 1 is 1.00 bits per heavy atom. The maximum atomic E-state index is 12.6. The van der Waals surface area contributed by atoms with Crippen LogP contribution in [-0.2, 0) is 12.7 Å². The number of aromatic nitrogens is 1. The molecule has 20 heavy (non-hydrogen) atoms. The minimum Gasteiger partial charge on any atom is -0.366 e. The normalized spacial score (nSPS) is 11.4. The fourth-order valence-corrected chi connectivity index (χ4v) is 1.87. The summed E-state index contributed by atoms with van der Waals surface area (Å²) in [5.41, 5.74) is -0.222. The quantitative estimate of drug-likeness (QED) is 0.859. The molecule has 0 aliphatic heterocycles. The van der Waals surface area contributed by atoms with Crippen molar-refractivity contribution in [2.75, 3.05) is 5.32 Å². The lowest BCUT2D eigenvalue weighted by atomic mass is 10.2. The molecule has 1 heterocycles. The number of nitrogens with one attached hydrogen (secondary N) is 1. The molecule has 0 spiro atoms. The molecule has 2 aromatic rings. The number of hydrogen-bond donors (Lipinski definition) is 1. The molecule has 1 aromatic carbocycles. The van der Waals surface area contributed by atoms with Crippen molar-refractivity contribution >= 4 is 29.0 Å². The van der Waals surface area contributed by atoms with E-state index in [4.69, 9.17) is 23.2 Å². The van der Waals surface area contributed by atoms with Crippen LogP contribution in [0.15, 0.2) is 36.4 Å². The summed E-state index contributed by atoms with van der Waals surface area (Å²) in [4.78, 5) is 3.48. The number of rotatable bonds is 3. The van der Waals surface area contributed by atoms with Crippen LogP contribution >= 0.6 is 23.2 Å². The third-order valence-electron chi connectivity index (χ3n) is 2.50. The third kappa shape index (κ3) is 3.77. The lowest BCUT2D eigenvalue weighted by Crippen LogP contribution is -2.11. The molecule has 0 saturated carbocycles. The molecule has 0 amide bonds. The van der Waals surface area contributed by atoms with E-state index in [0.29, 0.717) is 11.6 Å². The van der Waals surface area contributed by atoms with Crippen molar-refractivity contribution in [1.82, 2.24) is 4.98 Å². The first kappa shape index (κ1) is 14.9. The molecule has 106 valence electrons. The predicted octanol–water partition coefficient (Wildman–Crippen LogP) is 5.02. The summed E-state index contributed by atoms with van der Waals surface area (Å²) in [5.74, 6) is 0.108. The van der Waals surface area contributed by atoms with Gasteiger partial charge in [-0.2, -0.15) is 13.2 Å². The van der Waals surface area contributed by atoms with Gasteiger partial charge in [0, 0.05) is 11.6 Å². The van der Waals surface area contributed by atoms with Crippen LogP contribution in [0.4, 0.5) is 19.0 Å². The first-order chi connectivity index (χ1) is 9.36. The number of hydrogen-bond acceptors (Lipinski definition) is 2. The molecule has 0 fully saturated rings. The smallest absolute Gasteiger partial charge is 0.366 e. The molecule has 7 heteroatoms. The highest BCUT2D eigenvalue weighted by Crippen LogP contribution is 2.33. The highest BCUT2D eigenvalue weighted by atomic mass is 35.5. The van der Waals surface area contributed by atoms with Crippen molar-refractivity contribution < 1.29 is 13.2 Å². The number of alkyl halides is 3. The van der Waals surface area contributed by atoms with E-state index < -0.39 is 16.9 Å². The van der Waals surface area contributed by atoms with Gasteiger partial charge in [-0.25, -0.2) is 4.98 Å². The molecule has 0 radical (unpaired) electrons. The van der Waals surface area contributed by atoms with E-state index >= 15 is 0 Å². The van der Waals surface area contributed by atoms with Gasteiger partial charge in [-0.15, -0.1) is 0 Å². The Balaban J connectivity index is 2.12. The maximum Gasteiger partial charge on any atom is 0.434 e. The predicted molar refractivity (Wildman–Crippen MR) is 73.0 cm³/mol. The number of anilines is 1. The monoisotopic (exact) mass is 320 g/mol. The summed E-state index contributed by atoms with van der Waals surface area (Å²) in [7, 11) is 0. The topological polar surface area (TPSA) is 24.9 Å². The van der Waals surface area contributed by atoms with E-state index in [9.17, 15) is 13.2 Å². The largest absolute Gasteiger partial charge is 0.434 e. The molecular weight excluding hydrogens is 312 g/mol. The Labute approximate surface area is 123 Å². The minimum atomic E-state index is -4.57. The fourth-order valence-electron chi connectivity index (χ4n) is 1.53. The summed E-state index contributed by atoms with van der Waals surface area (Å²) in [6.45, 7) is 0.336. The summed E-state index contributed by atoms with van der Waals surface area (Å²) >= 11 is 11.2. The molecule has 0 atom stereocenters. The Hall–Kier alpha value is -1.46. The van der Waals surface area contributed by atoms with Crippen LogP contribution in [0.2, 0.25) is 10.0 Å². The van der Waals surface area contributed by atoms with E-state index in [1.54, 1.807) is 24.3 Å². The van der Waals surface area contributed by atoms with Gasteiger partial charge in [-0.05, 0) is 29.8 Å². The highest BCUT2D eigenvalue weighted by molar-refractivity contribution is 6.31. The van der Waals surface area contributed by atoms with Gasteiger partial charge in [0.2, 0.25) is 0 Å². The molecule has 0 aliphatic rings. The van der Waals surface area contributed by atoms with Gasteiger partial charge in [0.1, 0.15) is 5.82 Å². The SMILES string of the molecule is FC(F)(F)c1nc(NCc2ccc(Cl)cc2)ccc1Cl. The molecule has 0 unspecified atom stereocenters. The molecule has 0 aliphatic carbocycles. The third-order valence-corrected chi connectivity index (χ3v) is 3.06. The summed E-state index contributed by atoms with van der Waals surface area (Å²) in [5, 5.41) is 2.98. The zero-order valence-corrected chi connectivity index (χ0v) is 11.5. The van der Waals surface area contributed by atoms with Crippen LogP contribution in [0, 0.1) is 0 Å². The van der Waals surface area contributed by atoms with Crippen molar-refractivity contribution in [2.24, 2.45) is 0 Å². The van der Waals surface area contributed by atoms with Crippen LogP contribution < -0.4 is 5.32 Å². The first-order valence-corrected chi connectivity index (χ1v) is 6.34. The van der Waals surface area contributed by atoms with E-state index in [1.807, 2.05) is 0 Å². The fraction of sp³-hybridized carbons (Fsp3) is 0.154. The summed E-state index contributed by atoms with van der Waals surface area (Å²) in [6.07, 6.45) is -4.57. The average molecular weight is 321 g/mol. The van der Waals surface area contributed by atoms with Gasteiger partial charge in [0.15, 0.2) is 5.69 Å². The van der Waals surface area contributed by atoms with Crippen molar-refractivity contribution in [3.05, 3.63) is 57.7 Å². The lowest BCUT2D eigenvalue weighted by Gasteiger charge is -2.11. The van der Waals surface area contributed by atoms with Crippen LogP contribution in [0.25, 0.3) is 0 Å². The second kappa shape index (κ2) is 5.89. The Morgan fingerprint density at radius 3 is 2.25 bits per heavy atom. The van der Waals surface area contributed by atoms with E-state index in [0.717, 1.165) is 5.56 Å². The van der Waals surface area contributed by atoms with Gasteiger partial charge in [0.25, 0.3) is 0 Å². The Bertz CT molecular complexity index is 598. The van der Waals surface area contributed by atoms with E-state index in [-0.39, 0.29) is 5.82 Å². The molecule has 2 rings (SSSR count). The van der Waals surface area contributed by atoms with Crippen molar-refractivity contribution in [2.45, 2.75) is 12.7 Å². The molecule has 2 nitrogen and oxygen atoms in total. The van der Waals surface area contributed by atoms with Crippen LogP contribution in [0.1, 0.15) is 11.3 Å². The van der Waals surface area contributed by atoms with Gasteiger partial charge in [-0.1, -0.05) is 35.3 Å². The van der Waals surface area contributed by atoms with E-state index in [2.05, 4.69) is 10.3 Å². The maximum absolute atomic E-state index is 12.6. The Kier molecular flexibility index (Phi) is 4.40. The van der Waals surface area contributed by atoms with Gasteiger partial charge in [-0.3, -0.25) is 0 Å². The van der Waals surface area contributed by atoms with Crippen molar-refractivity contribution in [1.29, 1.82) is 0 Å². The van der Waals surface area contributed by atoms with Crippen LogP contribution in [0.3, 0.4) is 0 Å². The number of pyridine rings is 1. The standard InChI is InChI=1S/C13H9Cl2F3N2/c14-9-3-1-8(2-4-9)7-19-11-6-5-10(15)12(20-11)13(16,17)18/h1-6H,7H2,(H,19,20). The van der Waals surface area contributed by atoms with Gasteiger partial charge in [0.05, 0.1) is 5.02 Å². The second-order valence-corrected chi connectivity index (χ2v) is 4.85. The molecule has 1 aromatic heterocycles. The van der Waals surface area contributed by atoms with E-state index in [1.165, 1.54) is 12.1 Å². The zero-order chi connectivity index (χ0) is 14.8. The number of halogens is 5. The van der Waals surface area contributed by atoms with Crippen LogP contribution in [-0.4, -0.2) is 4.98 Å². The number of nitrogens with zero attached hydrogens (tertiary/aromatic N) is 1. The second-order valence-electron chi connectivity index (χ2n) is 4.00. The highest BCUT2D eigenvalue weighted by Gasteiger charge is 2.35. The molecular formula is C13H9Cl2F3N2. The minimum absolute atomic E-state index is 0.108. The van der Waals surface area contributed by atoms with Gasteiger partial charge >= 0.3 is 6.18 Å². The average Bonchev–Trinajstić information content (AvgIpc) is 2.38. The molecule has 0 bridgehead atoms. The summed E-state index contributed by atoms with van der Waals surface area (Å²) in [6, 6.07) is 9.52. The molecule has 1 N–H and O–H groups in total. The first-order valence-electron chi connectivity index (χ1n) is 5.58. The van der Waals surface area contributed by atoms with Crippen molar-refractivity contribution in [3.8, 4) is 0 Å².